The van der Waals surface area contributed by atoms with E-state index in [4.69, 9.17) is 9.47 Å². The summed E-state index contributed by atoms with van der Waals surface area (Å²) in [5.74, 6) is -1.32. The van der Waals surface area contributed by atoms with E-state index in [2.05, 4.69) is 5.32 Å². The van der Waals surface area contributed by atoms with Crippen molar-refractivity contribution in [3.63, 3.8) is 0 Å². The zero-order valence-electron chi connectivity index (χ0n) is 12.8. The van der Waals surface area contributed by atoms with E-state index in [1.54, 1.807) is 19.1 Å². The summed E-state index contributed by atoms with van der Waals surface area (Å²) in [6.45, 7) is 1.78. The van der Waals surface area contributed by atoms with Gasteiger partial charge in [0.15, 0.2) is 0 Å². The second-order valence-electron chi connectivity index (χ2n) is 5.26. The van der Waals surface area contributed by atoms with Crippen LogP contribution in [0.2, 0.25) is 0 Å². The van der Waals surface area contributed by atoms with Crippen LogP contribution in [0.4, 0.5) is 4.79 Å². The number of carbonyl (C=O) groups excluding carboxylic acids is 1. The van der Waals surface area contributed by atoms with Gasteiger partial charge in [-0.25, -0.2) is 4.79 Å². The molecule has 0 aromatic carbocycles. The second-order valence-corrected chi connectivity index (χ2v) is 5.26. The Balaban J connectivity index is 2.58. The molecule has 0 bridgehead atoms. The second kappa shape index (κ2) is 9.57. The van der Waals surface area contributed by atoms with Crippen LogP contribution >= 0.6 is 0 Å². The maximum absolute atomic E-state index is 12.3. The van der Waals surface area contributed by atoms with Crippen LogP contribution in [0.15, 0.2) is 0 Å². The van der Waals surface area contributed by atoms with Crippen molar-refractivity contribution in [2.24, 2.45) is 5.92 Å². The largest absolute Gasteiger partial charge is 0.481 e. The van der Waals surface area contributed by atoms with E-state index in [0.29, 0.717) is 39.1 Å². The van der Waals surface area contributed by atoms with Crippen molar-refractivity contribution in [1.82, 2.24) is 10.2 Å². The number of urea groups is 1. The van der Waals surface area contributed by atoms with Crippen molar-refractivity contribution in [3.05, 3.63) is 0 Å². The summed E-state index contributed by atoms with van der Waals surface area (Å²) >= 11 is 0. The summed E-state index contributed by atoms with van der Waals surface area (Å²) < 4.78 is 9.99. The Morgan fingerprint density at radius 2 is 1.71 bits per heavy atom. The van der Waals surface area contributed by atoms with Crippen LogP contribution in [0, 0.1) is 5.92 Å². The normalized spacial score (nSPS) is 21.8. The van der Waals surface area contributed by atoms with E-state index < -0.39 is 11.9 Å². The molecule has 0 aromatic heterocycles. The molecule has 0 radical (unpaired) electrons. The van der Waals surface area contributed by atoms with Crippen LogP contribution in [-0.2, 0) is 14.3 Å². The predicted molar refractivity (Wildman–Crippen MR) is 77.2 cm³/mol. The topological polar surface area (TPSA) is 88.1 Å². The number of carbonyl (C=O) groups is 2. The van der Waals surface area contributed by atoms with Crippen LogP contribution < -0.4 is 5.32 Å². The number of ether oxygens (including phenoxy) is 2. The Bertz CT molecular complexity index is 329. The Morgan fingerprint density at radius 3 is 2.24 bits per heavy atom. The van der Waals surface area contributed by atoms with Gasteiger partial charge in [0.25, 0.3) is 0 Å². The number of carboxylic acids is 1. The van der Waals surface area contributed by atoms with E-state index in [1.165, 1.54) is 0 Å². The quantitative estimate of drug-likeness (QED) is 0.696. The highest BCUT2D eigenvalue weighted by molar-refractivity contribution is 5.77. The third-order valence-corrected chi connectivity index (χ3v) is 3.81. The summed E-state index contributed by atoms with van der Waals surface area (Å²) in [7, 11) is 3.15. The minimum Gasteiger partial charge on any atom is -0.481 e. The number of carboxylic acid groups (broad SMARTS) is 1. The summed E-state index contributed by atoms with van der Waals surface area (Å²) in [6, 6.07) is -0.543. The zero-order chi connectivity index (χ0) is 15.7. The minimum atomic E-state index is -0.833. The molecule has 1 rings (SSSR count). The fourth-order valence-corrected chi connectivity index (χ4v) is 2.57. The molecule has 0 aliphatic heterocycles. The van der Waals surface area contributed by atoms with Gasteiger partial charge in [-0.05, 0) is 12.8 Å². The van der Waals surface area contributed by atoms with Crippen LogP contribution in [0.1, 0.15) is 25.7 Å². The molecule has 2 atom stereocenters. The SMILES string of the molecule is COCCN(CCOC)C(=O)NC1CCCCC1C(=O)O. The number of nitrogens with zero attached hydrogens (tertiary/aromatic N) is 1. The van der Waals surface area contributed by atoms with Crippen LogP contribution in [-0.4, -0.2) is 68.6 Å². The number of amides is 2. The molecule has 0 spiro atoms. The smallest absolute Gasteiger partial charge is 0.317 e. The molecule has 1 aliphatic rings. The van der Waals surface area contributed by atoms with Gasteiger partial charge in [-0.3, -0.25) is 4.79 Å². The summed E-state index contributed by atoms with van der Waals surface area (Å²) in [4.78, 5) is 25.2. The van der Waals surface area contributed by atoms with Gasteiger partial charge in [-0.15, -0.1) is 0 Å². The molecule has 0 aromatic rings. The lowest BCUT2D eigenvalue weighted by atomic mass is 9.84. The Hall–Kier alpha value is -1.34. The van der Waals surface area contributed by atoms with E-state index in [0.717, 1.165) is 12.8 Å². The Labute approximate surface area is 125 Å². The van der Waals surface area contributed by atoms with Crippen molar-refractivity contribution < 1.29 is 24.2 Å². The zero-order valence-corrected chi connectivity index (χ0v) is 12.8. The molecule has 2 unspecified atom stereocenters. The van der Waals surface area contributed by atoms with Gasteiger partial charge in [-0.2, -0.15) is 0 Å². The lowest BCUT2D eigenvalue weighted by molar-refractivity contribution is -0.143. The van der Waals surface area contributed by atoms with Gasteiger partial charge >= 0.3 is 12.0 Å². The molecule has 0 saturated heterocycles. The molecule has 7 nitrogen and oxygen atoms in total. The molecule has 1 fully saturated rings. The molecule has 2 amide bonds. The maximum atomic E-state index is 12.3. The molecule has 2 N–H and O–H groups in total. The first kappa shape index (κ1) is 17.7. The van der Waals surface area contributed by atoms with Crippen molar-refractivity contribution >= 4 is 12.0 Å². The Morgan fingerprint density at radius 1 is 1.14 bits per heavy atom. The monoisotopic (exact) mass is 302 g/mol. The van der Waals surface area contributed by atoms with E-state index in [1.807, 2.05) is 0 Å². The third-order valence-electron chi connectivity index (χ3n) is 3.81. The van der Waals surface area contributed by atoms with Crippen LogP contribution in [0.3, 0.4) is 0 Å². The fraction of sp³-hybridized carbons (Fsp3) is 0.857. The predicted octanol–water partition coefficient (Wildman–Crippen LogP) is 0.934. The molecule has 1 saturated carbocycles. The van der Waals surface area contributed by atoms with Crippen LogP contribution in [0.5, 0.6) is 0 Å². The summed E-state index contributed by atoms with van der Waals surface area (Å²) in [5.41, 5.74) is 0. The van der Waals surface area contributed by atoms with Gasteiger partial charge in [0, 0.05) is 33.4 Å². The molecule has 122 valence electrons. The van der Waals surface area contributed by atoms with Gasteiger partial charge in [0.1, 0.15) is 0 Å². The number of hydrogen-bond donors (Lipinski definition) is 2. The Kier molecular flexibility index (Phi) is 8.07. The lowest BCUT2D eigenvalue weighted by Gasteiger charge is -2.32. The number of aliphatic carboxylic acids is 1. The number of nitrogens with one attached hydrogen (secondary N) is 1. The first-order valence-corrected chi connectivity index (χ1v) is 7.36. The fourth-order valence-electron chi connectivity index (χ4n) is 2.57. The highest BCUT2D eigenvalue weighted by atomic mass is 16.5. The number of methoxy groups -OCH3 is 2. The van der Waals surface area contributed by atoms with Crippen molar-refractivity contribution in [2.75, 3.05) is 40.5 Å². The highest BCUT2D eigenvalue weighted by Crippen LogP contribution is 2.24. The summed E-state index contributed by atoms with van der Waals surface area (Å²) in [6.07, 6.45) is 3.19. The van der Waals surface area contributed by atoms with Gasteiger partial charge in [0.05, 0.1) is 19.1 Å². The average Bonchev–Trinajstić information content (AvgIpc) is 2.47. The maximum Gasteiger partial charge on any atom is 0.317 e. The molecule has 21 heavy (non-hydrogen) atoms. The molecular formula is C14H26N2O5. The molecule has 7 heteroatoms. The van der Waals surface area contributed by atoms with Gasteiger partial charge in [0.2, 0.25) is 0 Å². The first-order chi connectivity index (χ1) is 10.1. The van der Waals surface area contributed by atoms with Crippen LogP contribution in [0.25, 0.3) is 0 Å². The molecular weight excluding hydrogens is 276 g/mol. The lowest BCUT2D eigenvalue weighted by Crippen LogP contribution is -2.51. The minimum absolute atomic E-state index is 0.248. The third kappa shape index (κ3) is 5.89. The van der Waals surface area contributed by atoms with E-state index in [9.17, 15) is 14.7 Å². The molecule has 0 heterocycles. The average molecular weight is 302 g/mol. The van der Waals surface area contributed by atoms with E-state index in [-0.39, 0.29) is 12.1 Å². The number of hydrogen-bond acceptors (Lipinski definition) is 4. The van der Waals surface area contributed by atoms with E-state index >= 15 is 0 Å². The van der Waals surface area contributed by atoms with Gasteiger partial charge in [-0.1, -0.05) is 12.8 Å². The first-order valence-electron chi connectivity index (χ1n) is 7.36. The summed E-state index contributed by atoms with van der Waals surface area (Å²) in [5, 5.41) is 12.1. The highest BCUT2D eigenvalue weighted by Gasteiger charge is 2.32. The van der Waals surface area contributed by atoms with Gasteiger partial charge < -0.3 is 24.8 Å². The van der Waals surface area contributed by atoms with Crippen molar-refractivity contribution in [3.8, 4) is 0 Å². The number of rotatable bonds is 8. The van der Waals surface area contributed by atoms with Crippen molar-refractivity contribution in [1.29, 1.82) is 0 Å². The standard InChI is InChI=1S/C14H26N2O5/c1-20-9-7-16(8-10-21-2)14(19)15-12-6-4-3-5-11(12)13(17)18/h11-12H,3-10H2,1-2H3,(H,15,19)(H,17,18). The van der Waals surface area contributed by atoms with Crippen molar-refractivity contribution in [2.45, 2.75) is 31.7 Å². The molecule has 1 aliphatic carbocycles.